The Morgan fingerprint density at radius 1 is 1.40 bits per heavy atom. The number of carbonyl (C=O) groups excluding carboxylic acids is 1. The van der Waals surface area contributed by atoms with Crippen LogP contribution >= 0.6 is 0 Å². The van der Waals surface area contributed by atoms with Gasteiger partial charge in [-0.05, 0) is 12.1 Å². The number of benzene rings is 1. The smallest absolute Gasteiger partial charge is 0.181 e. The molecule has 0 aliphatic heterocycles. The number of hydrogen-bond donors (Lipinski definition) is 0. The van der Waals surface area contributed by atoms with Crippen molar-refractivity contribution < 1.29 is 17.6 Å². The molecule has 0 N–H and O–H groups in total. The summed E-state index contributed by atoms with van der Waals surface area (Å²) in [5, 5.41) is 0.686. The third-order valence-electron chi connectivity index (χ3n) is 1.76. The average Bonchev–Trinajstić information content (AvgIpc) is 2.17. The van der Waals surface area contributed by atoms with Crippen LogP contribution in [-0.4, -0.2) is 20.0 Å². The van der Waals surface area contributed by atoms with E-state index in [9.17, 15) is 17.6 Å². The van der Waals surface area contributed by atoms with E-state index in [-0.39, 0.29) is 5.56 Å². The molecule has 0 aliphatic carbocycles. The Bertz CT molecular complexity index is 491. The second kappa shape index (κ2) is 4.35. The Balaban J connectivity index is 2.98. The number of rotatable bonds is 4. The van der Waals surface area contributed by atoms with Crippen molar-refractivity contribution in [3.8, 4) is 0 Å². The highest BCUT2D eigenvalue weighted by Gasteiger charge is 2.17. The molecule has 0 heterocycles. The predicted molar refractivity (Wildman–Crippen MR) is 54.7 cm³/mol. The van der Waals surface area contributed by atoms with Crippen LogP contribution in [0.2, 0.25) is 0 Å². The molecule has 0 radical (unpaired) electrons. The van der Waals surface area contributed by atoms with E-state index in [4.69, 9.17) is 0 Å². The molecule has 0 amide bonds. The van der Waals surface area contributed by atoms with Gasteiger partial charge in [-0.3, -0.25) is 4.79 Å². The normalized spacial score (nSPS) is 11.0. The lowest BCUT2D eigenvalue weighted by Crippen LogP contribution is -2.15. The van der Waals surface area contributed by atoms with Gasteiger partial charge < -0.3 is 0 Å². The molecule has 0 aromatic heterocycles. The third kappa shape index (κ3) is 2.99. The number of halogens is 1. The topological polar surface area (TPSA) is 51.2 Å². The Labute approximate surface area is 87.2 Å². The van der Waals surface area contributed by atoms with Gasteiger partial charge in [0.15, 0.2) is 15.6 Å². The van der Waals surface area contributed by atoms with E-state index in [0.717, 1.165) is 6.07 Å². The van der Waals surface area contributed by atoms with Crippen molar-refractivity contribution >= 4 is 15.6 Å². The lowest BCUT2D eigenvalue weighted by molar-refractivity contribution is 0.101. The first-order chi connectivity index (χ1) is 6.96. The molecule has 0 aliphatic rings. The van der Waals surface area contributed by atoms with Gasteiger partial charge in [0.2, 0.25) is 0 Å². The zero-order chi connectivity index (χ0) is 11.5. The van der Waals surface area contributed by atoms with Crippen molar-refractivity contribution in [2.45, 2.75) is 0 Å². The molecule has 0 saturated carbocycles. The van der Waals surface area contributed by atoms with E-state index in [1.807, 2.05) is 0 Å². The van der Waals surface area contributed by atoms with Crippen LogP contribution in [0.1, 0.15) is 10.4 Å². The largest absolute Gasteiger partial charge is 0.293 e. The predicted octanol–water partition coefficient (Wildman–Crippen LogP) is 1.57. The molecule has 0 unspecified atom stereocenters. The fourth-order valence-electron chi connectivity index (χ4n) is 1.01. The minimum Gasteiger partial charge on any atom is -0.293 e. The highest BCUT2D eigenvalue weighted by molar-refractivity contribution is 7.94. The van der Waals surface area contributed by atoms with Crippen molar-refractivity contribution in [1.82, 2.24) is 0 Å². The van der Waals surface area contributed by atoms with Crippen molar-refractivity contribution in [1.29, 1.82) is 0 Å². The van der Waals surface area contributed by atoms with Crippen LogP contribution in [0.4, 0.5) is 4.39 Å². The van der Waals surface area contributed by atoms with Crippen LogP contribution in [0.5, 0.6) is 0 Å². The van der Waals surface area contributed by atoms with Crippen LogP contribution in [0.25, 0.3) is 0 Å². The van der Waals surface area contributed by atoms with Crippen molar-refractivity contribution in [3.63, 3.8) is 0 Å². The summed E-state index contributed by atoms with van der Waals surface area (Å²) < 4.78 is 35.1. The van der Waals surface area contributed by atoms with Crippen LogP contribution in [-0.2, 0) is 9.84 Å². The Hall–Kier alpha value is -1.49. The Morgan fingerprint density at radius 3 is 2.53 bits per heavy atom. The number of carbonyl (C=O) groups is 1. The first kappa shape index (κ1) is 11.6. The average molecular weight is 228 g/mol. The summed E-state index contributed by atoms with van der Waals surface area (Å²) in [5.41, 5.74) is -0.220. The molecule has 1 rings (SSSR count). The standard InChI is InChI=1S/C10H9FO3S/c1-2-15(13,14)7-10(12)8-5-3-4-6-9(8)11/h2-6H,1,7H2. The van der Waals surface area contributed by atoms with Gasteiger partial charge in [-0.1, -0.05) is 18.7 Å². The minimum atomic E-state index is -3.64. The molecular weight excluding hydrogens is 219 g/mol. The first-order valence-corrected chi connectivity index (χ1v) is 5.81. The van der Waals surface area contributed by atoms with Crippen molar-refractivity contribution in [2.75, 3.05) is 5.75 Å². The molecule has 15 heavy (non-hydrogen) atoms. The highest BCUT2D eigenvalue weighted by atomic mass is 32.2. The quantitative estimate of drug-likeness (QED) is 0.735. The Kier molecular flexibility index (Phi) is 3.36. The number of hydrogen-bond acceptors (Lipinski definition) is 3. The summed E-state index contributed by atoms with van der Waals surface area (Å²) >= 11 is 0. The molecule has 1 aromatic carbocycles. The molecular formula is C10H9FO3S. The van der Waals surface area contributed by atoms with E-state index in [1.165, 1.54) is 18.2 Å². The van der Waals surface area contributed by atoms with Gasteiger partial charge in [-0.25, -0.2) is 12.8 Å². The summed E-state index contributed by atoms with van der Waals surface area (Å²) in [5.74, 6) is -2.24. The van der Waals surface area contributed by atoms with Gasteiger partial charge in [-0.2, -0.15) is 0 Å². The summed E-state index contributed by atoms with van der Waals surface area (Å²) in [6.45, 7) is 3.07. The van der Waals surface area contributed by atoms with Gasteiger partial charge >= 0.3 is 0 Å². The molecule has 5 heteroatoms. The zero-order valence-electron chi connectivity index (χ0n) is 7.81. The highest BCUT2D eigenvalue weighted by Crippen LogP contribution is 2.08. The molecule has 0 fully saturated rings. The zero-order valence-corrected chi connectivity index (χ0v) is 8.63. The van der Waals surface area contributed by atoms with E-state index in [0.29, 0.717) is 5.41 Å². The SMILES string of the molecule is C=CS(=O)(=O)CC(=O)c1ccccc1F. The summed E-state index contributed by atoms with van der Waals surface area (Å²) in [6, 6.07) is 5.25. The second-order valence-corrected chi connectivity index (χ2v) is 4.82. The molecule has 80 valence electrons. The number of ketones is 1. The summed E-state index contributed by atoms with van der Waals surface area (Å²) in [4.78, 5) is 11.4. The number of sulfone groups is 1. The Morgan fingerprint density at radius 2 is 2.00 bits per heavy atom. The van der Waals surface area contributed by atoms with Crippen molar-refractivity contribution in [2.24, 2.45) is 0 Å². The molecule has 3 nitrogen and oxygen atoms in total. The van der Waals surface area contributed by atoms with Crippen LogP contribution in [0.3, 0.4) is 0 Å². The molecule has 0 atom stereocenters. The van der Waals surface area contributed by atoms with Gasteiger partial charge in [0.1, 0.15) is 11.6 Å². The maximum absolute atomic E-state index is 13.1. The number of Topliss-reactive ketones (excluding diaryl/α,β-unsaturated/α-hetero) is 1. The van der Waals surface area contributed by atoms with Crippen LogP contribution < -0.4 is 0 Å². The van der Waals surface area contributed by atoms with Crippen LogP contribution in [0, 0.1) is 5.82 Å². The van der Waals surface area contributed by atoms with E-state index in [2.05, 4.69) is 6.58 Å². The monoisotopic (exact) mass is 228 g/mol. The fraction of sp³-hybridized carbons (Fsp3) is 0.100. The van der Waals surface area contributed by atoms with Gasteiger partial charge in [0, 0.05) is 5.41 Å². The van der Waals surface area contributed by atoms with Crippen molar-refractivity contribution in [3.05, 3.63) is 47.6 Å². The van der Waals surface area contributed by atoms with E-state index in [1.54, 1.807) is 0 Å². The van der Waals surface area contributed by atoms with E-state index < -0.39 is 27.2 Å². The minimum absolute atomic E-state index is 0.220. The van der Waals surface area contributed by atoms with Crippen LogP contribution in [0.15, 0.2) is 36.3 Å². The first-order valence-electron chi connectivity index (χ1n) is 4.09. The fourth-order valence-corrected chi connectivity index (χ4v) is 1.65. The third-order valence-corrected chi connectivity index (χ3v) is 2.93. The summed E-state index contributed by atoms with van der Waals surface area (Å²) in [6.07, 6.45) is 0. The molecule has 1 aromatic rings. The maximum Gasteiger partial charge on any atom is 0.181 e. The van der Waals surface area contributed by atoms with Gasteiger partial charge in [0.25, 0.3) is 0 Å². The molecule has 0 bridgehead atoms. The lowest BCUT2D eigenvalue weighted by atomic mass is 10.1. The molecule has 0 saturated heterocycles. The summed E-state index contributed by atoms with van der Waals surface area (Å²) in [7, 11) is -3.64. The second-order valence-electron chi connectivity index (χ2n) is 2.88. The van der Waals surface area contributed by atoms with E-state index >= 15 is 0 Å². The van der Waals surface area contributed by atoms with Gasteiger partial charge in [0.05, 0.1) is 5.56 Å². The molecule has 0 spiro atoms. The van der Waals surface area contributed by atoms with Gasteiger partial charge in [-0.15, -0.1) is 0 Å². The maximum atomic E-state index is 13.1. The lowest BCUT2D eigenvalue weighted by Gasteiger charge is -2.00.